The Morgan fingerprint density at radius 2 is 1.83 bits per heavy atom. The third-order valence-corrected chi connectivity index (χ3v) is 5.89. The molecule has 2 heterocycles. The van der Waals surface area contributed by atoms with Crippen LogP contribution in [0.2, 0.25) is 0 Å². The molecular formula is C18H29IN4S. The van der Waals surface area contributed by atoms with Crippen LogP contribution in [-0.4, -0.2) is 59.0 Å². The van der Waals surface area contributed by atoms with Gasteiger partial charge >= 0.3 is 0 Å². The van der Waals surface area contributed by atoms with E-state index in [4.69, 9.17) is 10.7 Å². The molecule has 0 unspecified atom stereocenters. The van der Waals surface area contributed by atoms with Crippen LogP contribution < -0.4 is 5.73 Å². The van der Waals surface area contributed by atoms with Gasteiger partial charge in [-0.05, 0) is 31.4 Å². The fourth-order valence-electron chi connectivity index (χ4n) is 3.28. The molecule has 4 nitrogen and oxygen atoms in total. The van der Waals surface area contributed by atoms with E-state index in [1.807, 2.05) is 11.8 Å². The predicted octanol–water partition coefficient (Wildman–Crippen LogP) is 2.80. The minimum atomic E-state index is 0. The number of rotatable bonds is 3. The van der Waals surface area contributed by atoms with Gasteiger partial charge in [0.1, 0.15) is 0 Å². The van der Waals surface area contributed by atoms with Crippen molar-refractivity contribution >= 4 is 41.7 Å². The van der Waals surface area contributed by atoms with Gasteiger partial charge in [0.05, 0.1) is 6.54 Å². The minimum absolute atomic E-state index is 0. The van der Waals surface area contributed by atoms with Crippen molar-refractivity contribution in [1.29, 1.82) is 0 Å². The van der Waals surface area contributed by atoms with Crippen molar-refractivity contribution in [3.8, 4) is 0 Å². The lowest BCUT2D eigenvalue weighted by molar-refractivity contribution is 0.111. The first kappa shape index (κ1) is 19.8. The standard InChI is InChI=1S/C18H28N4S.HI/c1-18(2,14-20-17(19)21-9-11-23-12-10-21)22-8-7-15-5-3-4-6-16(15)13-22;/h3-6H,7-14H2,1-2H3,(H2,19,20);1H. The van der Waals surface area contributed by atoms with Crippen LogP contribution in [0.5, 0.6) is 0 Å². The molecule has 0 spiro atoms. The highest BCUT2D eigenvalue weighted by Gasteiger charge is 2.29. The Hall–Kier alpha value is -0.470. The summed E-state index contributed by atoms with van der Waals surface area (Å²) in [6.07, 6.45) is 1.13. The molecule has 134 valence electrons. The van der Waals surface area contributed by atoms with E-state index in [0.717, 1.165) is 56.6 Å². The van der Waals surface area contributed by atoms with E-state index in [1.54, 1.807) is 0 Å². The van der Waals surface area contributed by atoms with Gasteiger partial charge in [0.2, 0.25) is 0 Å². The first-order valence-corrected chi connectivity index (χ1v) is 9.66. The number of halogens is 1. The molecule has 1 aromatic carbocycles. The minimum Gasteiger partial charge on any atom is -0.370 e. The van der Waals surface area contributed by atoms with E-state index in [0.29, 0.717) is 0 Å². The summed E-state index contributed by atoms with van der Waals surface area (Å²) in [5.41, 5.74) is 9.19. The number of nitrogens with two attached hydrogens (primary N) is 1. The van der Waals surface area contributed by atoms with E-state index < -0.39 is 0 Å². The average molecular weight is 460 g/mol. The molecule has 0 bridgehead atoms. The number of fused-ring (bicyclic) bond motifs is 1. The van der Waals surface area contributed by atoms with Gasteiger partial charge in [0.15, 0.2) is 5.96 Å². The highest BCUT2D eigenvalue weighted by atomic mass is 127. The zero-order valence-electron chi connectivity index (χ0n) is 14.7. The molecule has 1 aromatic rings. The Bertz CT molecular complexity index is 570. The van der Waals surface area contributed by atoms with Crippen molar-refractivity contribution in [2.45, 2.75) is 32.4 Å². The molecule has 1 saturated heterocycles. The fraction of sp³-hybridized carbons (Fsp3) is 0.611. The van der Waals surface area contributed by atoms with Crippen LogP contribution in [0.25, 0.3) is 0 Å². The Morgan fingerprint density at radius 1 is 1.17 bits per heavy atom. The van der Waals surface area contributed by atoms with Crippen LogP contribution in [0.1, 0.15) is 25.0 Å². The van der Waals surface area contributed by atoms with E-state index in [1.165, 1.54) is 11.1 Å². The van der Waals surface area contributed by atoms with Gasteiger partial charge in [0, 0.05) is 43.2 Å². The van der Waals surface area contributed by atoms with E-state index in [-0.39, 0.29) is 29.5 Å². The average Bonchev–Trinajstić information content (AvgIpc) is 2.60. The van der Waals surface area contributed by atoms with Gasteiger partial charge in [-0.1, -0.05) is 24.3 Å². The van der Waals surface area contributed by atoms with Crippen molar-refractivity contribution in [3.05, 3.63) is 35.4 Å². The summed E-state index contributed by atoms with van der Waals surface area (Å²) in [4.78, 5) is 9.48. The van der Waals surface area contributed by atoms with Crippen molar-refractivity contribution in [3.63, 3.8) is 0 Å². The van der Waals surface area contributed by atoms with Crippen LogP contribution in [0, 0.1) is 0 Å². The first-order valence-electron chi connectivity index (χ1n) is 8.51. The lowest BCUT2D eigenvalue weighted by atomic mass is 9.94. The van der Waals surface area contributed by atoms with Crippen LogP contribution in [0.15, 0.2) is 29.3 Å². The van der Waals surface area contributed by atoms with Crippen molar-refractivity contribution < 1.29 is 0 Å². The number of nitrogens with zero attached hydrogens (tertiary/aromatic N) is 3. The number of hydrogen-bond donors (Lipinski definition) is 1. The lowest BCUT2D eigenvalue weighted by Crippen LogP contribution is -2.50. The number of benzene rings is 1. The third-order valence-electron chi connectivity index (χ3n) is 4.95. The number of thioether (sulfide) groups is 1. The molecule has 6 heteroatoms. The van der Waals surface area contributed by atoms with Gasteiger partial charge in [-0.15, -0.1) is 24.0 Å². The van der Waals surface area contributed by atoms with Crippen molar-refractivity contribution in [2.75, 3.05) is 37.7 Å². The normalized spacial score (nSPS) is 19.6. The summed E-state index contributed by atoms with van der Waals surface area (Å²) in [6.45, 7) is 9.48. The molecule has 3 rings (SSSR count). The van der Waals surface area contributed by atoms with Gasteiger partial charge in [-0.25, -0.2) is 0 Å². The Kier molecular flexibility index (Phi) is 7.24. The zero-order valence-corrected chi connectivity index (χ0v) is 17.8. The lowest BCUT2D eigenvalue weighted by Gasteiger charge is -2.41. The summed E-state index contributed by atoms with van der Waals surface area (Å²) in [5.74, 6) is 3.03. The molecule has 0 aliphatic carbocycles. The van der Waals surface area contributed by atoms with E-state index >= 15 is 0 Å². The maximum absolute atomic E-state index is 6.21. The van der Waals surface area contributed by atoms with Crippen molar-refractivity contribution in [1.82, 2.24) is 9.80 Å². The SMILES string of the molecule is CC(C)(CN=C(N)N1CCSCC1)N1CCc2ccccc2C1.I. The molecule has 0 atom stereocenters. The molecule has 2 N–H and O–H groups in total. The highest BCUT2D eigenvalue weighted by molar-refractivity contribution is 14.0. The summed E-state index contributed by atoms with van der Waals surface area (Å²) in [5, 5.41) is 0. The maximum Gasteiger partial charge on any atom is 0.191 e. The molecular weight excluding hydrogens is 431 g/mol. The third kappa shape index (κ3) is 4.79. The second-order valence-corrected chi connectivity index (χ2v) is 8.25. The predicted molar refractivity (Wildman–Crippen MR) is 115 cm³/mol. The second-order valence-electron chi connectivity index (χ2n) is 7.03. The smallest absolute Gasteiger partial charge is 0.191 e. The maximum atomic E-state index is 6.21. The van der Waals surface area contributed by atoms with Gasteiger partial charge < -0.3 is 10.6 Å². The molecule has 0 saturated carbocycles. The van der Waals surface area contributed by atoms with E-state index in [2.05, 4.69) is 47.9 Å². The van der Waals surface area contributed by atoms with Gasteiger partial charge in [0.25, 0.3) is 0 Å². The Balaban J connectivity index is 0.00000208. The first-order chi connectivity index (χ1) is 11.1. The summed E-state index contributed by atoms with van der Waals surface area (Å²) >= 11 is 2.00. The number of hydrogen-bond acceptors (Lipinski definition) is 3. The summed E-state index contributed by atoms with van der Waals surface area (Å²) in [6, 6.07) is 8.78. The largest absolute Gasteiger partial charge is 0.370 e. The van der Waals surface area contributed by atoms with E-state index in [9.17, 15) is 0 Å². The van der Waals surface area contributed by atoms with Crippen LogP contribution in [0.3, 0.4) is 0 Å². The Labute approximate surface area is 167 Å². The molecule has 0 amide bonds. The number of guanidine groups is 1. The summed E-state index contributed by atoms with van der Waals surface area (Å²) in [7, 11) is 0. The number of aliphatic imine (C=N–C) groups is 1. The quantitative estimate of drug-likeness (QED) is 0.428. The molecule has 2 aliphatic rings. The monoisotopic (exact) mass is 460 g/mol. The van der Waals surface area contributed by atoms with Gasteiger partial charge in [-0.2, -0.15) is 11.8 Å². The molecule has 2 aliphatic heterocycles. The molecule has 0 aromatic heterocycles. The van der Waals surface area contributed by atoms with Gasteiger partial charge in [-0.3, -0.25) is 9.89 Å². The Morgan fingerprint density at radius 3 is 2.54 bits per heavy atom. The fourth-order valence-corrected chi connectivity index (χ4v) is 4.18. The molecule has 24 heavy (non-hydrogen) atoms. The topological polar surface area (TPSA) is 44.9 Å². The second kappa shape index (κ2) is 8.76. The molecule has 1 fully saturated rings. The zero-order chi connectivity index (χ0) is 16.3. The highest BCUT2D eigenvalue weighted by Crippen LogP contribution is 2.25. The summed E-state index contributed by atoms with van der Waals surface area (Å²) < 4.78 is 0. The van der Waals surface area contributed by atoms with Crippen LogP contribution >= 0.6 is 35.7 Å². The molecule has 0 radical (unpaired) electrons. The van der Waals surface area contributed by atoms with Crippen LogP contribution in [-0.2, 0) is 13.0 Å². The van der Waals surface area contributed by atoms with Crippen molar-refractivity contribution in [2.24, 2.45) is 10.7 Å². The van der Waals surface area contributed by atoms with Crippen LogP contribution in [0.4, 0.5) is 0 Å².